The van der Waals surface area contributed by atoms with Crippen LogP contribution in [0.3, 0.4) is 0 Å². The standard InChI is InChI=1S/C20H23N5O/c1-14-4-2-3-5-18(14)26-15-12-24(13-15)20-16-6-9-21-10-7-17(16)23-19-8-11-22-25(19)20/h2-5,8,11,15,21H,6-7,9-10,12-13H2,1H3. The Hall–Kier alpha value is -2.60. The molecule has 6 nitrogen and oxygen atoms in total. The number of benzene rings is 1. The van der Waals surface area contributed by atoms with Gasteiger partial charge in [-0.15, -0.1) is 0 Å². The van der Waals surface area contributed by atoms with Gasteiger partial charge in [0.2, 0.25) is 0 Å². The van der Waals surface area contributed by atoms with Crippen molar-refractivity contribution in [2.75, 3.05) is 31.1 Å². The molecule has 0 radical (unpaired) electrons. The summed E-state index contributed by atoms with van der Waals surface area (Å²) in [5.41, 5.74) is 4.66. The van der Waals surface area contributed by atoms with E-state index in [1.807, 2.05) is 35.0 Å². The molecule has 134 valence electrons. The maximum atomic E-state index is 6.20. The number of rotatable bonds is 3. The molecule has 26 heavy (non-hydrogen) atoms. The van der Waals surface area contributed by atoms with Crippen LogP contribution in [0.25, 0.3) is 5.65 Å². The van der Waals surface area contributed by atoms with Crippen LogP contribution in [0.1, 0.15) is 16.8 Å². The summed E-state index contributed by atoms with van der Waals surface area (Å²) < 4.78 is 8.19. The van der Waals surface area contributed by atoms with Crippen LogP contribution < -0.4 is 15.0 Å². The van der Waals surface area contributed by atoms with E-state index in [4.69, 9.17) is 9.72 Å². The van der Waals surface area contributed by atoms with Crippen molar-refractivity contribution in [1.29, 1.82) is 0 Å². The second-order valence-electron chi connectivity index (χ2n) is 7.12. The van der Waals surface area contributed by atoms with Gasteiger partial charge in [-0.3, -0.25) is 0 Å². The van der Waals surface area contributed by atoms with Crippen molar-refractivity contribution in [1.82, 2.24) is 19.9 Å². The van der Waals surface area contributed by atoms with Crippen LogP contribution in [0.2, 0.25) is 0 Å². The number of hydrogen-bond acceptors (Lipinski definition) is 5. The number of anilines is 1. The maximum absolute atomic E-state index is 6.20. The highest BCUT2D eigenvalue weighted by Gasteiger charge is 2.33. The third kappa shape index (κ3) is 2.61. The number of para-hydroxylation sites is 1. The summed E-state index contributed by atoms with van der Waals surface area (Å²) in [6.07, 6.45) is 4.02. The number of nitrogens with one attached hydrogen (secondary N) is 1. The fourth-order valence-corrected chi connectivity index (χ4v) is 3.89. The Kier molecular flexibility index (Phi) is 3.78. The Labute approximate surface area is 152 Å². The molecule has 0 unspecified atom stereocenters. The number of nitrogens with zero attached hydrogens (tertiary/aromatic N) is 4. The Morgan fingerprint density at radius 3 is 2.85 bits per heavy atom. The predicted octanol–water partition coefficient (Wildman–Crippen LogP) is 1.99. The summed E-state index contributed by atoms with van der Waals surface area (Å²) in [6.45, 7) is 5.84. The molecule has 0 atom stereocenters. The first-order chi connectivity index (χ1) is 12.8. The molecular formula is C20H23N5O. The molecule has 5 rings (SSSR count). The number of hydrogen-bond donors (Lipinski definition) is 1. The van der Waals surface area contributed by atoms with Gasteiger partial charge in [-0.2, -0.15) is 9.61 Å². The zero-order valence-corrected chi connectivity index (χ0v) is 15.0. The Balaban J connectivity index is 1.43. The summed E-state index contributed by atoms with van der Waals surface area (Å²) in [5.74, 6) is 2.18. The Bertz CT molecular complexity index is 945. The minimum Gasteiger partial charge on any atom is -0.486 e. The van der Waals surface area contributed by atoms with E-state index in [0.29, 0.717) is 0 Å². The molecule has 0 amide bonds. The van der Waals surface area contributed by atoms with E-state index in [9.17, 15) is 0 Å². The van der Waals surface area contributed by atoms with Crippen LogP contribution >= 0.6 is 0 Å². The number of fused-ring (bicyclic) bond motifs is 2. The summed E-state index contributed by atoms with van der Waals surface area (Å²) in [4.78, 5) is 7.22. The SMILES string of the molecule is Cc1ccccc1OC1CN(c2c3c(nc4ccnn24)CCNCC3)C1. The van der Waals surface area contributed by atoms with Crippen molar-refractivity contribution in [3.8, 4) is 5.75 Å². The third-order valence-electron chi connectivity index (χ3n) is 5.32. The van der Waals surface area contributed by atoms with Gasteiger partial charge >= 0.3 is 0 Å². The van der Waals surface area contributed by atoms with Crippen LogP contribution in [0.5, 0.6) is 5.75 Å². The molecule has 1 aromatic carbocycles. The Morgan fingerprint density at radius 2 is 1.96 bits per heavy atom. The van der Waals surface area contributed by atoms with E-state index >= 15 is 0 Å². The minimum atomic E-state index is 0.217. The lowest BCUT2D eigenvalue weighted by Gasteiger charge is -2.41. The summed E-state index contributed by atoms with van der Waals surface area (Å²) in [5, 5.41) is 8.01. The van der Waals surface area contributed by atoms with E-state index in [1.165, 1.54) is 22.6 Å². The largest absolute Gasteiger partial charge is 0.486 e. The van der Waals surface area contributed by atoms with Crippen molar-refractivity contribution in [3.63, 3.8) is 0 Å². The van der Waals surface area contributed by atoms with Gasteiger partial charge in [0.25, 0.3) is 0 Å². The van der Waals surface area contributed by atoms with Gasteiger partial charge in [0.1, 0.15) is 17.7 Å². The van der Waals surface area contributed by atoms with E-state index in [1.54, 1.807) is 0 Å². The molecule has 0 saturated carbocycles. The predicted molar refractivity (Wildman–Crippen MR) is 101 cm³/mol. The average Bonchev–Trinajstić information content (AvgIpc) is 2.95. The van der Waals surface area contributed by atoms with Crippen molar-refractivity contribution in [2.24, 2.45) is 0 Å². The Morgan fingerprint density at radius 1 is 1.12 bits per heavy atom. The third-order valence-corrected chi connectivity index (χ3v) is 5.32. The number of aryl methyl sites for hydroxylation is 1. The van der Waals surface area contributed by atoms with Crippen LogP contribution in [0.15, 0.2) is 36.5 Å². The molecule has 2 aliphatic heterocycles. The van der Waals surface area contributed by atoms with E-state index in [0.717, 1.165) is 50.4 Å². The lowest BCUT2D eigenvalue weighted by molar-refractivity contribution is 0.165. The zero-order chi connectivity index (χ0) is 17.5. The first-order valence-electron chi connectivity index (χ1n) is 9.33. The molecule has 1 saturated heterocycles. The van der Waals surface area contributed by atoms with Crippen LogP contribution in [-0.4, -0.2) is 46.9 Å². The summed E-state index contributed by atoms with van der Waals surface area (Å²) in [7, 11) is 0. The molecule has 1 fully saturated rings. The van der Waals surface area contributed by atoms with Crippen molar-refractivity contribution in [2.45, 2.75) is 25.9 Å². The van der Waals surface area contributed by atoms with E-state index < -0.39 is 0 Å². The van der Waals surface area contributed by atoms with Gasteiger partial charge in [0.15, 0.2) is 5.65 Å². The van der Waals surface area contributed by atoms with Crippen molar-refractivity contribution < 1.29 is 4.74 Å². The average molecular weight is 349 g/mol. The molecule has 2 aromatic heterocycles. The van der Waals surface area contributed by atoms with E-state index in [-0.39, 0.29) is 6.10 Å². The van der Waals surface area contributed by atoms with Gasteiger partial charge < -0.3 is 15.0 Å². The minimum absolute atomic E-state index is 0.217. The van der Waals surface area contributed by atoms with Crippen LogP contribution in [0, 0.1) is 6.92 Å². The van der Waals surface area contributed by atoms with Crippen molar-refractivity contribution in [3.05, 3.63) is 53.3 Å². The first kappa shape index (κ1) is 15.6. The van der Waals surface area contributed by atoms with Crippen LogP contribution in [-0.2, 0) is 12.8 Å². The lowest BCUT2D eigenvalue weighted by atomic mass is 10.1. The fraction of sp³-hybridized carbons (Fsp3) is 0.400. The number of aromatic nitrogens is 3. The highest BCUT2D eigenvalue weighted by atomic mass is 16.5. The van der Waals surface area contributed by atoms with Gasteiger partial charge in [-0.05, 0) is 31.5 Å². The molecule has 6 heteroatoms. The first-order valence-corrected chi connectivity index (χ1v) is 9.33. The molecule has 0 spiro atoms. The smallest absolute Gasteiger partial charge is 0.157 e. The quantitative estimate of drug-likeness (QED) is 0.784. The fourth-order valence-electron chi connectivity index (χ4n) is 3.89. The van der Waals surface area contributed by atoms with Gasteiger partial charge in [-0.25, -0.2) is 4.98 Å². The van der Waals surface area contributed by atoms with Gasteiger partial charge in [0, 0.05) is 24.6 Å². The maximum Gasteiger partial charge on any atom is 0.157 e. The van der Waals surface area contributed by atoms with E-state index in [2.05, 4.69) is 28.3 Å². The molecule has 0 aliphatic carbocycles. The molecule has 0 bridgehead atoms. The molecule has 1 N–H and O–H groups in total. The topological polar surface area (TPSA) is 54.7 Å². The molecular weight excluding hydrogens is 326 g/mol. The van der Waals surface area contributed by atoms with Crippen molar-refractivity contribution >= 4 is 11.5 Å². The molecule has 4 heterocycles. The summed E-state index contributed by atoms with van der Waals surface area (Å²) in [6, 6.07) is 10.2. The second-order valence-corrected chi connectivity index (χ2v) is 7.12. The normalized spacial score (nSPS) is 17.7. The zero-order valence-electron chi connectivity index (χ0n) is 15.0. The van der Waals surface area contributed by atoms with Gasteiger partial charge in [0.05, 0.1) is 25.0 Å². The molecule has 2 aliphatic rings. The monoisotopic (exact) mass is 349 g/mol. The van der Waals surface area contributed by atoms with Gasteiger partial charge in [-0.1, -0.05) is 18.2 Å². The summed E-state index contributed by atoms with van der Waals surface area (Å²) >= 11 is 0. The number of ether oxygens (including phenoxy) is 1. The highest BCUT2D eigenvalue weighted by molar-refractivity contribution is 5.59. The van der Waals surface area contributed by atoms with Crippen LogP contribution in [0.4, 0.5) is 5.82 Å². The second kappa shape index (κ2) is 6.29. The molecule has 3 aromatic rings. The lowest BCUT2D eigenvalue weighted by Crippen LogP contribution is -2.55. The highest BCUT2D eigenvalue weighted by Crippen LogP contribution is 2.31.